The molecule has 0 aliphatic heterocycles. The smallest absolute Gasteiger partial charge is 0.280 e. The van der Waals surface area contributed by atoms with Crippen LogP contribution in [0, 0.1) is 0 Å². The maximum absolute atomic E-state index is 12.3. The zero-order valence-electron chi connectivity index (χ0n) is 10.8. The summed E-state index contributed by atoms with van der Waals surface area (Å²) in [4.78, 5) is 13.6. The molecule has 5 nitrogen and oxygen atoms in total. The van der Waals surface area contributed by atoms with Crippen molar-refractivity contribution >= 4 is 17.3 Å². The number of nitrogens with zero attached hydrogens (tertiary/aromatic N) is 3. The number of para-hydroxylation sites is 1. The molecule has 0 fully saturated rings. The largest absolute Gasteiger partial charge is 0.396 e. The molecule has 0 radical (unpaired) electrons. The lowest BCUT2D eigenvalue weighted by molar-refractivity contribution is 0.0982. The standard InChI is InChI=1S/C13H14F2N4O/c1-18(9-5-3-2-4-6-9)13(20)12-10(16)7-19(17-12)8-11(14)15/h2-7,11H,8,16H2,1H3. The highest BCUT2D eigenvalue weighted by Crippen LogP contribution is 2.17. The Hall–Kier alpha value is -2.44. The number of amides is 1. The monoisotopic (exact) mass is 280 g/mol. The number of halogens is 2. The van der Waals surface area contributed by atoms with Crippen molar-refractivity contribution in [2.45, 2.75) is 13.0 Å². The summed E-state index contributed by atoms with van der Waals surface area (Å²) >= 11 is 0. The first-order chi connectivity index (χ1) is 9.49. The van der Waals surface area contributed by atoms with Gasteiger partial charge in [0.25, 0.3) is 12.3 Å². The molecule has 2 rings (SSSR count). The number of carbonyl (C=O) groups is 1. The Morgan fingerprint density at radius 3 is 2.65 bits per heavy atom. The van der Waals surface area contributed by atoms with Gasteiger partial charge in [-0.15, -0.1) is 0 Å². The quantitative estimate of drug-likeness (QED) is 0.931. The minimum absolute atomic E-state index is 0.0306. The van der Waals surface area contributed by atoms with Crippen molar-refractivity contribution in [3.8, 4) is 0 Å². The Morgan fingerprint density at radius 1 is 1.40 bits per heavy atom. The van der Waals surface area contributed by atoms with Crippen LogP contribution in [0.5, 0.6) is 0 Å². The van der Waals surface area contributed by atoms with Gasteiger partial charge in [0.05, 0.1) is 5.69 Å². The zero-order valence-corrected chi connectivity index (χ0v) is 10.8. The Bertz CT molecular complexity index is 598. The van der Waals surface area contributed by atoms with Crippen LogP contribution in [0.4, 0.5) is 20.2 Å². The summed E-state index contributed by atoms with van der Waals surface area (Å²) in [6.07, 6.45) is -1.32. The second kappa shape index (κ2) is 5.68. The minimum atomic E-state index is -2.55. The third-order valence-electron chi connectivity index (χ3n) is 2.77. The number of rotatable bonds is 4. The molecule has 1 amide bonds. The van der Waals surface area contributed by atoms with Gasteiger partial charge in [0, 0.05) is 18.9 Å². The average Bonchev–Trinajstić information content (AvgIpc) is 2.78. The maximum Gasteiger partial charge on any atom is 0.280 e. The number of benzene rings is 1. The molecule has 0 saturated heterocycles. The van der Waals surface area contributed by atoms with Crippen LogP contribution in [-0.4, -0.2) is 29.2 Å². The third kappa shape index (κ3) is 2.93. The Morgan fingerprint density at radius 2 is 2.05 bits per heavy atom. The number of anilines is 2. The molecule has 0 aliphatic carbocycles. The summed E-state index contributed by atoms with van der Waals surface area (Å²) in [5, 5.41) is 3.82. The summed E-state index contributed by atoms with van der Waals surface area (Å²) in [5.41, 5.74) is 6.38. The first-order valence-corrected chi connectivity index (χ1v) is 5.93. The van der Waals surface area contributed by atoms with E-state index in [1.54, 1.807) is 31.3 Å². The van der Waals surface area contributed by atoms with Gasteiger partial charge in [-0.3, -0.25) is 9.48 Å². The summed E-state index contributed by atoms with van der Waals surface area (Å²) in [6, 6.07) is 8.91. The lowest BCUT2D eigenvalue weighted by atomic mass is 10.2. The van der Waals surface area contributed by atoms with Gasteiger partial charge in [-0.2, -0.15) is 5.10 Å². The van der Waals surface area contributed by atoms with Crippen LogP contribution in [-0.2, 0) is 6.54 Å². The molecule has 7 heteroatoms. The molecule has 2 aromatic rings. The van der Waals surface area contributed by atoms with Crippen LogP contribution in [0.25, 0.3) is 0 Å². The van der Waals surface area contributed by atoms with Crippen LogP contribution in [0.3, 0.4) is 0 Å². The van der Waals surface area contributed by atoms with Gasteiger partial charge in [-0.05, 0) is 12.1 Å². The Balaban J connectivity index is 2.23. The number of hydrogen-bond acceptors (Lipinski definition) is 3. The molecule has 1 aromatic heterocycles. The number of nitrogens with two attached hydrogens (primary N) is 1. The first kappa shape index (κ1) is 14.0. The van der Waals surface area contributed by atoms with E-state index in [0.717, 1.165) is 4.68 Å². The highest BCUT2D eigenvalue weighted by Gasteiger charge is 2.20. The fourth-order valence-corrected chi connectivity index (χ4v) is 1.77. The third-order valence-corrected chi connectivity index (χ3v) is 2.77. The molecule has 20 heavy (non-hydrogen) atoms. The number of aromatic nitrogens is 2. The minimum Gasteiger partial charge on any atom is -0.396 e. The first-order valence-electron chi connectivity index (χ1n) is 5.93. The van der Waals surface area contributed by atoms with Crippen molar-refractivity contribution in [2.24, 2.45) is 0 Å². The van der Waals surface area contributed by atoms with E-state index in [9.17, 15) is 13.6 Å². The van der Waals surface area contributed by atoms with E-state index in [1.807, 2.05) is 6.07 Å². The van der Waals surface area contributed by atoms with E-state index in [1.165, 1.54) is 11.1 Å². The number of alkyl halides is 2. The fourth-order valence-electron chi connectivity index (χ4n) is 1.77. The van der Waals surface area contributed by atoms with E-state index >= 15 is 0 Å². The van der Waals surface area contributed by atoms with Crippen molar-refractivity contribution in [2.75, 3.05) is 17.7 Å². The van der Waals surface area contributed by atoms with Crippen molar-refractivity contribution < 1.29 is 13.6 Å². The van der Waals surface area contributed by atoms with Crippen LogP contribution < -0.4 is 10.6 Å². The van der Waals surface area contributed by atoms with Gasteiger partial charge in [-0.25, -0.2) is 8.78 Å². The second-order valence-electron chi connectivity index (χ2n) is 4.25. The molecule has 0 bridgehead atoms. The van der Waals surface area contributed by atoms with Crippen molar-refractivity contribution in [1.82, 2.24) is 9.78 Å². The molecule has 0 unspecified atom stereocenters. The molecule has 0 atom stereocenters. The lowest BCUT2D eigenvalue weighted by Crippen LogP contribution is -2.27. The molecule has 0 spiro atoms. The topological polar surface area (TPSA) is 64.2 Å². The maximum atomic E-state index is 12.3. The van der Waals surface area contributed by atoms with Crippen LogP contribution in [0.1, 0.15) is 10.5 Å². The molecule has 2 N–H and O–H groups in total. The average molecular weight is 280 g/mol. The predicted molar refractivity (Wildman–Crippen MR) is 71.8 cm³/mol. The highest BCUT2D eigenvalue weighted by atomic mass is 19.3. The second-order valence-corrected chi connectivity index (χ2v) is 4.25. The van der Waals surface area contributed by atoms with Crippen LogP contribution in [0.2, 0.25) is 0 Å². The van der Waals surface area contributed by atoms with Gasteiger partial charge >= 0.3 is 0 Å². The Labute approximate surface area is 114 Å². The van der Waals surface area contributed by atoms with Gasteiger partial charge in [0.15, 0.2) is 5.69 Å². The molecule has 106 valence electrons. The zero-order chi connectivity index (χ0) is 14.7. The van der Waals surface area contributed by atoms with E-state index in [2.05, 4.69) is 5.10 Å². The van der Waals surface area contributed by atoms with Crippen molar-refractivity contribution in [1.29, 1.82) is 0 Å². The van der Waals surface area contributed by atoms with E-state index in [4.69, 9.17) is 5.73 Å². The van der Waals surface area contributed by atoms with Crippen LogP contribution in [0.15, 0.2) is 36.5 Å². The molecular weight excluding hydrogens is 266 g/mol. The van der Waals surface area contributed by atoms with E-state index in [0.29, 0.717) is 5.69 Å². The summed E-state index contributed by atoms with van der Waals surface area (Å²) < 4.78 is 25.6. The number of carbonyl (C=O) groups excluding carboxylic acids is 1. The lowest BCUT2D eigenvalue weighted by Gasteiger charge is -2.16. The Kier molecular flexibility index (Phi) is 3.97. The number of nitrogen functional groups attached to an aromatic ring is 1. The van der Waals surface area contributed by atoms with Crippen molar-refractivity contribution in [3.05, 3.63) is 42.2 Å². The van der Waals surface area contributed by atoms with E-state index < -0.39 is 18.9 Å². The molecule has 1 aromatic carbocycles. The molecule has 1 heterocycles. The van der Waals surface area contributed by atoms with Gasteiger partial charge in [0.2, 0.25) is 0 Å². The summed E-state index contributed by atoms with van der Waals surface area (Å²) in [6.45, 7) is -0.591. The summed E-state index contributed by atoms with van der Waals surface area (Å²) in [5.74, 6) is -0.443. The highest BCUT2D eigenvalue weighted by molar-refractivity contribution is 6.07. The fraction of sp³-hybridized carbons (Fsp3) is 0.231. The molecule has 0 aliphatic rings. The predicted octanol–water partition coefficient (Wildman–Crippen LogP) is 2.01. The SMILES string of the molecule is CN(C(=O)c1nn(CC(F)F)cc1N)c1ccccc1. The molecular formula is C13H14F2N4O. The van der Waals surface area contributed by atoms with Gasteiger partial charge in [-0.1, -0.05) is 18.2 Å². The van der Waals surface area contributed by atoms with E-state index in [-0.39, 0.29) is 11.4 Å². The van der Waals surface area contributed by atoms with Crippen LogP contribution >= 0.6 is 0 Å². The van der Waals surface area contributed by atoms with Crippen molar-refractivity contribution in [3.63, 3.8) is 0 Å². The summed E-state index contributed by atoms with van der Waals surface area (Å²) in [7, 11) is 1.57. The molecule has 0 saturated carbocycles. The van der Waals surface area contributed by atoms with Gasteiger partial charge < -0.3 is 10.6 Å². The number of hydrogen-bond donors (Lipinski definition) is 1. The normalized spacial score (nSPS) is 10.8. The van der Waals surface area contributed by atoms with Gasteiger partial charge in [0.1, 0.15) is 6.54 Å².